The molecule has 0 saturated heterocycles. The number of carbonyl (C=O) groups is 1. The summed E-state index contributed by atoms with van der Waals surface area (Å²) in [7, 11) is 3.95. The van der Waals surface area contributed by atoms with Crippen LogP contribution in [-0.2, 0) is 0 Å². The highest BCUT2D eigenvalue weighted by molar-refractivity contribution is 5.95. The van der Waals surface area contributed by atoms with Gasteiger partial charge < -0.3 is 20.7 Å². The number of amides is 1. The molecule has 3 N–H and O–H groups in total. The average molecular weight is 279 g/mol. The van der Waals surface area contributed by atoms with Crippen LogP contribution in [0.25, 0.3) is 0 Å². The summed E-state index contributed by atoms with van der Waals surface area (Å²) in [4.78, 5) is 14.1. The largest absolute Gasteiger partial charge is 0.490 e. The molecule has 0 fully saturated rings. The van der Waals surface area contributed by atoms with E-state index in [0.29, 0.717) is 23.6 Å². The number of anilines is 1. The van der Waals surface area contributed by atoms with Gasteiger partial charge in [-0.25, -0.2) is 0 Å². The Bertz CT molecular complexity index is 447. The summed E-state index contributed by atoms with van der Waals surface area (Å²) in [5.74, 6) is 0.459. The second-order valence-corrected chi connectivity index (χ2v) is 5.19. The molecule has 1 atom stereocenters. The molecule has 112 valence electrons. The Labute approximate surface area is 121 Å². The first kappa shape index (κ1) is 16.3. The van der Waals surface area contributed by atoms with Gasteiger partial charge in [-0.1, -0.05) is 6.92 Å². The van der Waals surface area contributed by atoms with Crippen LogP contribution in [0, 0.1) is 0 Å². The average Bonchev–Trinajstić information content (AvgIpc) is 2.40. The van der Waals surface area contributed by atoms with Crippen molar-refractivity contribution in [1.29, 1.82) is 0 Å². The summed E-state index contributed by atoms with van der Waals surface area (Å²) in [5.41, 5.74) is 6.98. The fraction of sp³-hybridized carbons (Fsp3) is 0.533. The van der Waals surface area contributed by atoms with Crippen molar-refractivity contribution in [3.63, 3.8) is 0 Å². The lowest BCUT2D eigenvalue weighted by Crippen LogP contribution is -2.31. The van der Waals surface area contributed by atoms with Gasteiger partial charge in [-0.05, 0) is 45.6 Å². The third kappa shape index (κ3) is 5.09. The SMILES string of the molecule is CCC(C)NC(=O)c1ccc(N)c(OCCN(C)C)c1. The summed E-state index contributed by atoms with van der Waals surface area (Å²) >= 11 is 0. The van der Waals surface area contributed by atoms with E-state index in [1.807, 2.05) is 32.8 Å². The Hall–Kier alpha value is -1.75. The van der Waals surface area contributed by atoms with Crippen molar-refractivity contribution in [2.75, 3.05) is 33.0 Å². The highest BCUT2D eigenvalue weighted by Gasteiger charge is 2.11. The maximum atomic E-state index is 12.0. The highest BCUT2D eigenvalue weighted by Crippen LogP contribution is 2.22. The topological polar surface area (TPSA) is 67.6 Å². The van der Waals surface area contributed by atoms with Gasteiger partial charge in [0.1, 0.15) is 12.4 Å². The molecule has 1 aromatic rings. The van der Waals surface area contributed by atoms with E-state index in [2.05, 4.69) is 5.32 Å². The molecular formula is C15H25N3O2. The molecule has 20 heavy (non-hydrogen) atoms. The van der Waals surface area contributed by atoms with Crippen molar-refractivity contribution in [1.82, 2.24) is 10.2 Å². The summed E-state index contributed by atoms with van der Waals surface area (Å²) in [6.07, 6.45) is 0.896. The number of rotatable bonds is 7. The maximum absolute atomic E-state index is 12.0. The molecule has 0 aromatic heterocycles. The highest BCUT2D eigenvalue weighted by atomic mass is 16.5. The van der Waals surface area contributed by atoms with Crippen LogP contribution in [0.4, 0.5) is 5.69 Å². The number of ether oxygens (including phenoxy) is 1. The third-order valence-electron chi connectivity index (χ3n) is 3.06. The van der Waals surface area contributed by atoms with Crippen LogP contribution in [0.2, 0.25) is 0 Å². The van der Waals surface area contributed by atoms with Crippen LogP contribution in [-0.4, -0.2) is 44.1 Å². The molecule has 5 nitrogen and oxygen atoms in total. The first-order valence-corrected chi connectivity index (χ1v) is 6.92. The van der Waals surface area contributed by atoms with Crippen molar-refractivity contribution in [2.45, 2.75) is 26.3 Å². The van der Waals surface area contributed by atoms with Crippen molar-refractivity contribution < 1.29 is 9.53 Å². The fourth-order valence-electron chi connectivity index (χ4n) is 1.55. The lowest BCUT2D eigenvalue weighted by Gasteiger charge is -2.15. The number of hydrogen-bond acceptors (Lipinski definition) is 4. The first-order valence-electron chi connectivity index (χ1n) is 6.92. The van der Waals surface area contributed by atoms with Gasteiger partial charge in [-0.3, -0.25) is 4.79 Å². The number of hydrogen-bond donors (Lipinski definition) is 2. The van der Waals surface area contributed by atoms with Crippen molar-refractivity contribution >= 4 is 11.6 Å². The van der Waals surface area contributed by atoms with E-state index in [-0.39, 0.29) is 11.9 Å². The number of likely N-dealkylation sites (N-methyl/N-ethyl adjacent to an activating group) is 1. The molecule has 0 aliphatic carbocycles. The number of nitrogen functional groups attached to an aromatic ring is 1. The van der Waals surface area contributed by atoms with Crippen LogP contribution in [0.5, 0.6) is 5.75 Å². The number of nitrogens with one attached hydrogen (secondary N) is 1. The number of nitrogens with two attached hydrogens (primary N) is 1. The molecule has 0 aliphatic rings. The van der Waals surface area contributed by atoms with Crippen LogP contribution in [0.1, 0.15) is 30.6 Å². The Morgan fingerprint density at radius 2 is 2.15 bits per heavy atom. The van der Waals surface area contributed by atoms with E-state index in [0.717, 1.165) is 13.0 Å². The zero-order valence-electron chi connectivity index (χ0n) is 12.8. The molecule has 5 heteroatoms. The number of carbonyl (C=O) groups excluding carboxylic acids is 1. The monoisotopic (exact) mass is 279 g/mol. The van der Waals surface area contributed by atoms with E-state index < -0.39 is 0 Å². The molecule has 0 aliphatic heterocycles. The van der Waals surface area contributed by atoms with Crippen LogP contribution in [0.15, 0.2) is 18.2 Å². The predicted molar refractivity (Wildman–Crippen MR) is 82.1 cm³/mol. The van der Waals surface area contributed by atoms with Gasteiger partial charge >= 0.3 is 0 Å². The smallest absolute Gasteiger partial charge is 0.251 e. The second kappa shape index (κ2) is 7.75. The van der Waals surface area contributed by atoms with E-state index in [4.69, 9.17) is 10.5 Å². The summed E-state index contributed by atoms with van der Waals surface area (Å²) in [6, 6.07) is 5.27. The lowest BCUT2D eigenvalue weighted by molar-refractivity contribution is 0.0939. The van der Waals surface area contributed by atoms with Crippen molar-refractivity contribution in [3.8, 4) is 5.75 Å². The van der Waals surface area contributed by atoms with Gasteiger partial charge in [0.05, 0.1) is 5.69 Å². The maximum Gasteiger partial charge on any atom is 0.251 e. The predicted octanol–water partition coefficient (Wildman–Crippen LogP) is 1.74. The van der Waals surface area contributed by atoms with E-state index in [1.165, 1.54) is 0 Å². The molecule has 0 radical (unpaired) electrons. The van der Waals surface area contributed by atoms with E-state index in [1.54, 1.807) is 18.2 Å². The van der Waals surface area contributed by atoms with Crippen LogP contribution >= 0.6 is 0 Å². The molecule has 0 bridgehead atoms. The minimum atomic E-state index is -0.100. The zero-order valence-corrected chi connectivity index (χ0v) is 12.8. The van der Waals surface area contributed by atoms with Gasteiger partial charge in [0.15, 0.2) is 0 Å². The second-order valence-electron chi connectivity index (χ2n) is 5.19. The van der Waals surface area contributed by atoms with E-state index in [9.17, 15) is 4.79 Å². The van der Waals surface area contributed by atoms with Gasteiger partial charge in [-0.15, -0.1) is 0 Å². The van der Waals surface area contributed by atoms with Gasteiger partial charge in [0.2, 0.25) is 0 Å². The lowest BCUT2D eigenvalue weighted by atomic mass is 10.1. The molecule has 1 amide bonds. The van der Waals surface area contributed by atoms with Crippen LogP contribution in [0.3, 0.4) is 0 Å². The Balaban J connectivity index is 2.72. The van der Waals surface area contributed by atoms with Gasteiger partial charge in [0.25, 0.3) is 5.91 Å². The van der Waals surface area contributed by atoms with Crippen LogP contribution < -0.4 is 15.8 Å². The minimum Gasteiger partial charge on any atom is -0.490 e. The molecule has 0 saturated carbocycles. The van der Waals surface area contributed by atoms with Crippen molar-refractivity contribution in [3.05, 3.63) is 23.8 Å². The third-order valence-corrected chi connectivity index (χ3v) is 3.06. The Morgan fingerprint density at radius 1 is 1.45 bits per heavy atom. The first-order chi connectivity index (χ1) is 9.43. The summed E-state index contributed by atoms with van der Waals surface area (Å²) < 4.78 is 5.62. The molecule has 1 unspecified atom stereocenters. The summed E-state index contributed by atoms with van der Waals surface area (Å²) in [6.45, 7) is 5.34. The van der Waals surface area contributed by atoms with Crippen molar-refractivity contribution in [2.24, 2.45) is 0 Å². The van der Waals surface area contributed by atoms with Gasteiger partial charge in [0, 0.05) is 18.2 Å². The molecule has 0 heterocycles. The molecule has 1 aromatic carbocycles. The quantitative estimate of drug-likeness (QED) is 0.746. The Kier molecular flexibility index (Phi) is 6.31. The van der Waals surface area contributed by atoms with Gasteiger partial charge in [-0.2, -0.15) is 0 Å². The summed E-state index contributed by atoms with van der Waals surface area (Å²) in [5, 5.41) is 2.92. The standard InChI is InChI=1S/C15H25N3O2/c1-5-11(2)17-15(19)12-6-7-13(16)14(10-12)20-9-8-18(3)4/h6-7,10-11H,5,8-9,16H2,1-4H3,(H,17,19). The molecule has 0 spiro atoms. The van der Waals surface area contributed by atoms with E-state index >= 15 is 0 Å². The molecule has 1 rings (SSSR count). The fourth-order valence-corrected chi connectivity index (χ4v) is 1.55. The zero-order chi connectivity index (χ0) is 15.1. The molecular weight excluding hydrogens is 254 g/mol. The Morgan fingerprint density at radius 3 is 2.75 bits per heavy atom. The number of benzene rings is 1. The number of nitrogens with zero attached hydrogens (tertiary/aromatic N) is 1. The normalized spacial score (nSPS) is 12.2. The minimum absolute atomic E-state index is 0.100.